The van der Waals surface area contributed by atoms with Crippen molar-refractivity contribution in [2.24, 2.45) is 0 Å². The van der Waals surface area contributed by atoms with Gasteiger partial charge in [-0.1, -0.05) is 41.0 Å². The molecule has 3 aromatic rings. The fourth-order valence-electron chi connectivity index (χ4n) is 3.20. The number of nitrogens with zero attached hydrogens (tertiary/aromatic N) is 3. The molecule has 2 aromatic carbocycles. The monoisotopic (exact) mass is 520 g/mol. The van der Waals surface area contributed by atoms with E-state index in [2.05, 4.69) is 22.1 Å². The molecule has 0 saturated carbocycles. The summed E-state index contributed by atoms with van der Waals surface area (Å²) in [7, 11) is 1.54. The molecule has 0 fully saturated rings. The Hall–Kier alpha value is -2.68. The summed E-state index contributed by atoms with van der Waals surface area (Å²) in [4.78, 5) is 12.5. The first-order valence-corrected chi connectivity index (χ1v) is 12.3. The number of carbonyl (C=O) groups is 1. The third kappa shape index (κ3) is 7.16. The Bertz CT molecular complexity index is 1150. The van der Waals surface area contributed by atoms with Crippen molar-refractivity contribution in [3.63, 3.8) is 0 Å². The van der Waals surface area contributed by atoms with Gasteiger partial charge in [0.15, 0.2) is 5.16 Å². The van der Waals surface area contributed by atoms with Crippen LogP contribution in [0, 0.1) is 6.92 Å². The Kier molecular flexibility index (Phi) is 9.68. The largest absolute Gasteiger partial charge is 0.495 e. The van der Waals surface area contributed by atoms with Crippen molar-refractivity contribution in [3.8, 4) is 11.5 Å². The number of anilines is 1. The SMILES string of the molecule is C=CCn1c(CCCOc2ccc(Cl)cc2C)nnc1SCC(=O)Nc1cc(Cl)ccc1OC. The fourth-order valence-corrected chi connectivity index (χ4v) is 4.37. The maximum atomic E-state index is 12.5. The summed E-state index contributed by atoms with van der Waals surface area (Å²) in [5.74, 6) is 2.12. The molecule has 0 radical (unpaired) electrons. The van der Waals surface area contributed by atoms with Crippen LogP contribution in [0.1, 0.15) is 17.8 Å². The Labute approximate surface area is 213 Å². The second kappa shape index (κ2) is 12.7. The van der Waals surface area contributed by atoms with Gasteiger partial charge in [0.2, 0.25) is 5.91 Å². The average Bonchev–Trinajstić information content (AvgIpc) is 3.18. The highest BCUT2D eigenvalue weighted by molar-refractivity contribution is 7.99. The van der Waals surface area contributed by atoms with Crippen LogP contribution in [0.5, 0.6) is 11.5 Å². The molecule has 0 spiro atoms. The minimum Gasteiger partial charge on any atom is -0.495 e. The third-order valence-corrected chi connectivity index (χ3v) is 6.25. The van der Waals surface area contributed by atoms with Crippen molar-refractivity contribution in [2.75, 3.05) is 24.8 Å². The van der Waals surface area contributed by atoms with Gasteiger partial charge in [-0.25, -0.2) is 0 Å². The molecule has 0 bridgehead atoms. The average molecular weight is 521 g/mol. The molecule has 34 heavy (non-hydrogen) atoms. The minimum absolute atomic E-state index is 0.157. The van der Waals surface area contributed by atoms with E-state index in [0.717, 1.165) is 23.6 Å². The van der Waals surface area contributed by atoms with Gasteiger partial charge in [-0.05, 0) is 55.3 Å². The zero-order valence-electron chi connectivity index (χ0n) is 19.0. The van der Waals surface area contributed by atoms with Crippen molar-refractivity contribution in [1.29, 1.82) is 0 Å². The van der Waals surface area contributed by atoms with Crippen molar-refractivity contribution < 1.29 is 14.3 Å². The van der Waals surface area contributed by atoms with Gasteiger partial charge < -0.3 is 19.4 Å². The van der Waals surface area contributed by atoms with Crippen molar-refractivity contribution in [2.45, 2.75) is 31.5 Å². The number of benzene rings is 2. The van der Waals surface area contributed by atoms with Crippen LogP contribution in [0.4, 0.5) is 5.69 Å². The van der Waals surface area contributed by atoms with Gasteiger partial charge in [-0.2, -0.15) is 0 Å². The van der Waals surface area contributed by atoms with Crippen LogP contribution >= 0.6 is 35.0 Å². The number of hydrogen-bond acceptors (Lipinski definition) is 6. The lowest BCUT2D eigenvalue weighted by atomic mass is 10.2. The van der Waals surface area contributed by atoms with Gasteiger partial charge in [0.25, 0.3) is 0 Å². The second-order valence-corrected chi connectivity index (χ2v) is 9.16. The van der Waals surface area contributed by atoms with Gasteiger partial charge in [0.1, 0.15) is 17.3 Å². The van der Waals surface area contributed by atoms with E-state index in [1.54, 1.807) is 24.3 Å². The first-order valence-electron chi connectivity index (χ1n) is 10.6. The van der Waals surface area contributed by atoms with Gasteiger partial charge >= 0.3 is 0 Å². The Morgan fingerprint density at radius 3 is 2.62 bits per heavy atom. The molecule has 0 saturated heterocycles. The molecular formula is C24H26Cl2N4O3S. The molecule has 7 nitrogen and oxygen atoms in total. The Morgan fingerprint density at radius 1 is 1.18 bits per heavy atom. The lowest BCUT2D eigenvalue weighted by Crippen LogP contribution is -2.15. The van der Waals surface area contributed by atoms with Crippen LogP contribution in [0.25, 0.3) is 0 Å². The quantitative estimate of drug-likeness (QED) is 0.184. The van der Waals surface area contributed by atoms with E-state index in [9.17, 15) is 4.79 Å². The number of carbonyl (C=O) groups excluding carboxylic acids is 1. The molecule has 1 N–H and O–H groups in total. The number of thioether (sulfide) groups is 1. The summed E-state index contributed by atoms with van der Waals surface area (Å²) in [5, 5.41) is 13.3. The lowest BCUT2D eigenvalue weighted by Gasteiger charge is -2.11. The van der Waals surface area contributed by atoms with E-state index in [1.807, 2.05) is 29.7 Å². The molecule has 0 aliphatic rings. The van der Waals surface area contributed by atoms with Crippen molar-refractivity contribution in [1.82, 2.24) is 14.8 Å². The summed E-state index contributed by atoms with van der Waals surface area (Å²) >= 11 is 13.3. The molecule has 180 valence electrons. The summed E-state index contributed by atoms with van der Waals surface area (Å²) in [6, 6.07) is 10.6. The lowest BCUT2D eigenvalue weighted by molar-refractivity contribution is -0.113. The number of methoxy groups -OCH3 is 1. The van der Waals surface area contributed by atoms with E-state index in [0.29, 0.717) is 46.2 Å². The van der Waals surface area contributed by atoms with Gasteiger partial charge in [-0.15, -0.1) is 16.8 Å². The second-order valence-electron chi connectivity index (χ2n) is 7.34. The molecule has 1 aromatic heterocycles. The number of aryl methyl sites for hydroxylation is 2. The molecular weight excluding hydrogens is 495 g/mol. The van der Waals surface area contributed by atoms with Crippen molar-refractivity contribution >= 4 is 46.6 Å². The number of halogens is 2. The molecule has 1 amide bonds. The van der Waals surface area contributed by atoms with Crippen LogP contribution in [0.2, 0.25) is 10.0 Å². The van der Waals surface area contributed by atoms with Crippen LogP contribution < -0.4 is 14.8 Å². The number of allylic oxidation sites excluding steroid dienone is 1. The molecule has 0 unspecified atom stereocenters. The Morgan fingerprint density at radius 2 is 1.91 bits per heavy atom. The molecule has 1 heterocycles. The number of ether oxygens (including phenoxy) is 2. The zero-order chi connectivity index (χ0) is 24.5. The summed E-state index contributed by atoms with van der Waals surface area (Å²) < 4.78 is 13.1. The first kappa shape index (κ1) is 25.9. The summed E-state index contributed by atoms with van der Waals surface area (Å²) in [6.45, 7) is 6.87. The van der Waals surface area contributed by atoms with Gasteiger partial charge in [0, 0.05) is 23.0 Å². The smallest absolute Gasteiger partial charge is 0.234 e. The Balaban J connectivity index is 1.55. The number of aromatic nitrogens is 3. The summed E-state index contributed by atoms with van der Waals surface area (Å²) in [5.41, 5.74) is 1.51. The van der Waals surface area contributed by atoms with Gasteiger partial charge in [0.05, 0.1) is 25.2 Å². The van der Waals surface area contributed by atoms with Crippen LogP contribution in [-0.4, -0.2) is 40.1 Å². The number of hydrogen-bond donors (Lipinski definition) is 1. The third-order valence-electron chi connectivity index (χ3n) is 4.81. The zero-order valence-corrected chi connectivity index (χ0v) is 21.3. The molecule has 3 rings (SSSR count). The van der Waals surface area contributed by atoms with E-state index in [1.165, 1.54) is 18.9 Å². The first-order chi connectivity index (χ1) is 16.4. The van der Waals surface area contributed by atoms with Crippen LogP contribution in [0.3, 0.4) is 0 Å². The molecule has 0 aliphatic carbocycles. The summed E-state index contributed by atoms with van der Waals surface area (Å²) in [6.07, 6.45) is 3.22. The topological polar surface area (TPSA) is 78.3 Å². The highest BCUT2D eigenvalue weighted by Gasteiger charge is 2.15. The fraction of sp³-hybridized carbons (Fsp3) is 0.292. The van der Waals surface area contributed by atoms with E-state index in [4.69, 9.17) is 32.7 Å². The molecule has 0 aliphatic heterocycles. The number of nitrogens with one attached hydrogen (secondary N) is 1. The highest BCUT2D eigenvalue weighted by Crippen LogP contribution is 2.28. The normalized spacial score (nSPS) is 10.7. The van der Waals surface area contributed by atoms with Crippen LogP contribution in [0.15, 0.2) is 54.2 Å². The predicted octanol–water partition coefficient (Wildman–Crippen LogP) is 5.83. The molecule has 10 heteroatoms. The maximum Gasteiger partial charge on any atom is 0.234 e. The minimum atomic E-state index is -0.202. The maximum absolute atomic E-state index is 12.5. The van der Waals surface area contributed by atoms with E-state index < -0.39 is 0 Å². The molecule has 0 atom stereocenters. The van der Waals surface area contributed by atoms with E-state index in [-0.39, 0.29) is 11.7 Å². The van der Waals surface area contributed by atoms with Crippen LogP contribution in [-0.2, 0) is 17.8 Å². The number of rotatable bonds is 12. The van der Waals surface area contributed by atoms with E-state index >= 15 is 0 Å². The standard InChI is InChI=1S/C24H26Cl2N4O3S/c1-4-11-30-22(6-5-12-33-20-9-7-17(25)13-16(20)2)28-29-24(30)34-15-23(31)27-19-14-18(26)8-10-21(19)32-3/h4,7-10,13-14H,1,5-6,11-12,15H2,2-3H3,(H,27,31). The highest BCUT2D eigenvalue weighted by atomic mass is 35.5. The number of amides is 1. The predicted molar refractivity (Wildman–Crippen MR) is 138 cm³/mol. The van der Waals surface area contributed by atoms with Crippen molar-refractivity contribution in [3.05, 3.63) is 70.5 Å². The van der Waals surface area contributed by atoms with Gasteiger partial charge in [-0.3, -0.25) is 4.79 Å².